The van der Waals surface area contributed by atoms with Crippen LogP contribution < -0.4 is 14.2 Å². The molecule has 0 fully saturated rings. The SMILES string of the molecule is CCOC(=O)c1cc(OCc2ccc(SCc3cc(OCc4ccccc4)cc(CSc4ccc(COc5cc(C(=O)OCC)nc(C(=O)OCC)c5)cc4)n3)cc2)cc(C(=O)OCC)n1. The van der Waals surface area contributed by atoms with Crippen LogP contribution >= 0.6 is 23.5 Å². The maximum Gasteiger partial charge on any atom is 0.357 e. The smallest absolute Gasteiger partial charge is 0.357 e. The lowest BCUT2D eigenvalue weighted by atomic mass is 10.2. The molecule has 66 heavy (non-hydrogen) atoms. The molecule has 6 aromatic rings. The highest BCUT2D eigenvalue weighted by Crippen LogP contribution is 2.29. The molecule has 0 aliphatic heterocycles. The van der Waals surface area contributed by atoms with Gasteiger partial charge in [0.1, 0.15) is 37.1 Å². The Bertz CT molecular complexity index is 2350. The van der Waals surface area contributed by atoms with Gasteiger partial charge >= 0.3 is 23.9 Å². The molecule has 0 saturated heterocycles. The largest absolute Gasteiger partial charge is 0.489 e. The van der Waals surface area contributed by atoms with Gasteiger partial charge in [-0.25, -0.2) is 29.1 Å². The van der Waals surface area contributed by atoms with Crippen molar-refractivity contribution in [2.45, 2.75) is 68.8 Å². The van der Waals surface area contributed by atoms with Gasteiger partial charge in [-0.2, -0.15) is 0 Å². The van der Waals surface area contributed by atoms with E-state index in [9.17, 15) is 19.2 Å². The summed E-state index contributed by atoms with van der Waals surface area (Å²) in [4.78, 5) is 65.0. The van der Waals surface area contributed by atoms with Crippen LogP contribution in [-0.4, -0.2) is 65.3 Å². The zero-order valence-electron chi connectivity index (χ0n) is 37.0. The summed E-state index contributed by atoms with van der Waals surface area (Å²) in [5.74, 6) is -0.172. The van der Waals surface area contributed by atoms with Crippen LogP contribution in [0.4, 0.5) is 0 Å². The highest BCUT2D eigenvalue weighted by atomic mass is 32.2. The van der Waals surface area contributed by atoms with Gasteiger partial charge in [0.25, 0.3) is 0 Å². The van der Waals surface area contributed by atoms with Crippen LogP contribution in [-0.2, 0) is 50.3 Å². The third kappa shape index (κ3) is 14.8. The Hall–Kier alpha value is -6.91. The first kappa shape index (κ1) is 48.5. The highest BCUT2D eigenvalue weighted by Gasteiger charge is 2.19. The molecule has 16 heteroatoms. The predicted octanol–water partition coefficient (Wildman–Crippen LogP) is 9.90. The van der Waals surface area contributed by atoms with Gasteiger partial charge in [0.05, 0.1) is 37.8 Å². The molecule has 3 aromatic heterocycles. The number of hydrogen-bond donors (Lipinski definition) is 0. The van der Waals surface area contributed by atoms with Crippen molar-refractivity contribution in [3.8, 4) is 17.2 Å². The minimum Gasteiger partial charge on any atom is -0.489 e. The summed E-state index contributed by atoms with van der Waals surface area (Å²) < 4.78 is 38.5. The van der Waals surface area contributed by atoms with E-state index in [0.29, 0.717) is 18.1 Å². The quantitative estimate of drug-likeness (QED) is 0.0337. The number of thioether (sulfide) groups is 2. The number of carbonyl (C=O) groups excluding carboxylic acids is 4. The van der Waals surface area contributed by atoms with Crippen molar-refractivity contribution in [2.75, 3.05) is 26.4 Å². The van der Waals surface area contributed by atoms with Crippen LogP contribution in [0.5, 0.6) is 17.2 Å². The molecule has 0 aliphatic carbocycles. The second kappa shape index (κ2) is 25.0. The third-order valence-electron chi connectivity index (χ3n) is 9.12. The Kier molecular flexibility index (Phi) is 18.4. The lowest BCUT2D eigenvalue weighted by Gasteiger charge is -2.12. The number of rotatable bonds is 23. The van der Waals surface area contributed by atoms with Gasteiger partial charge in [0.15, 0.2) is 22.8 Å². The van der Waals surface area contributed by atoms with E-state index >= 15 is 0 Å². The molecule has 0 unspecified atom stereocenters. The molecule has 6 rings (SSSR count). The fourth-order valence-corrected chi connectivity index (χ4v) is 7.60. The summed E-state index contributed by atoms with van der Waals surface area (Å²) in [7, 11) is 0. The standard InChI is InChI=1S/C50H49N3O11S2/c1-5-58-47(54)43-24-39(25-44(52-43)48(55)59-6-2)63-29-34-14-18-41(19-15-34)65-31-36-22-38(62-28-33-12-10-9-11-13-33)23-37(51-36)32-66-42-20-16-35(17-21-42)30-64-40-26-45(49(56)60-7-3)53-46(27-40)50(57)61-8-4/h9-27H,5-8,28-32H2,1-4H3. The third-order valence-corrected chi connectivity index (χ3v) is 11.2. The molecule has 342 valence electrons. The number of hydrogen-bond acceptors (Lipinski definition) is 16. The molecule has 3 heterocycles. The van der Waals surface area contributed by atoms with Gasteiger partial charge < -0.3 is 33.2 Å². The van der Waals surface area contributed by atoms with Gasteiger partial charge in [-0.3, -0.25) is 4.98 Å². The van der Waals surface area contributed by atoms with Gasteiger partial charge in [-0.1, -0.05) is 54.6 Å². The van der Waals surface area contributed by atoms with Crippen molar-refractivity contribution in [1.82, 2.24) is 15.0 Å². The minimum absolute atomic E-state index is 0.0451. The lowest BCUT2D eigenvalue weighted by Crippen LogP contribution is -2.13. The Morgan fingerprint density at radius 3 is 1.06 bits per heavy atom. The average Bonchev–Trinajstić information content (AvgIpc) is 3.34. The molecule has 3 aromatic carbocycles. The molecular formula is C50H49N3O11S2. The molecule has 0 N–H and O–H groups in total. The Balaban J connectivity index is 1.08. The summed E-state index contributed by atoms with van der Waals surface area (Å²) in [6.45, 7) is 8.17. The summed E-state index contributed by atoms with van der Waals surface area (Å²) >= 11 is 3.28. The lowest BCUT2D eigenvalue weighted by molar-refractivity contribution is 0.0491. The summed E-state index contributed by atoms with van der Waals surface area (Å²) in [5, 5.41) is 0. The topological polar surface area (TPSA) is 172 Å². The normalized spacial score (nSPS) is 10.7. The Morgan fingerprint density at radius 2 is 0.727 bits per heavy atom. The second-order valence-electron chi connectivity index (χ2n) is 14.0. The number of ether oxygens (including phenoxy) is 7. The molecule has 0 saturated carbocycles. The van der Waals surface area contributed by atoms with Crippen LogP contribution in [0.25, 0.3) is 0 Å². The van der Waals surface area contributed by atoms with Crippen LogP contribution in [0.3, 0.4) is 0 Å². The van der Waals surface area contributed by atoms with E-state index < -0.39 is 23.9 Å². The van der Waals surface area contributed by atoms with Gasteiger partial charge in [-0.05, 0) is 68.7 Å². The van der Waals surface area contributed by atoms with Crippen LogP contribution in [0.1, 0.15) is 97.7 Å². The van der Waals surface area contributed by atoms with Gasteiger partial charge in [-0.15, -0.1) is 23.5 Å². The summed E-state index contributed by atoms with van der Waals surface area (Å²) in [6, 6.07) is 35.5. The molecule has 14 nitrogen and oxygen atoms in total. The van der Waals surface area contributed by atoms with E-state index in [1.165, 1.54) is 24.3 Å². The van der Waals surface area contributed by atoms with Gasteiger partial charge in [0.2, 0.25) is 0 Å². The summed E-state index contributed by atoms with van der Waals surface area (Å²) in [6.07, 6.45) is 0. The number of nitrogens with zero attached hydrogens (tertiary/aromatic N) is 3. The molecule has 0 radical (unpaired) electrons. The first-order valence-corrected chi connectivity index (χ1v) is 23.2. The zero-order chi connectivity index (χ0) is 46.7. The number of carbonyl (C=O) groups is 4. The van der Waals surface area contributed by atoms with Crippen LogP contribution in [0.15, 0.2) is 125 Å². The molecule has 0 bridgehead atoms. The van der Waals surface area contributed by atoms with Gasteiger partial charge in [0, 0.05) is 57.7 Å². The Labute approximate surface area is 391 Å². The zero-order valence-corrected chi connectivity index (χ0v) is 38.6. The van der Waals surface area contributed by atoms with E-state index in [-0.39, 0.29) is 73.9 Å². The van der Waals surface area contributed by atoms with Crippen molar-refractivity contribution in [3.05, 3.63) is 166 Å². The fraction of sp³-hybridized carbons (Fsp3) is 0.260. The first-order valence-electron chi connectivity index (χ1n) is 21.2. The number of esters is 4. The van der Waals surface area contributed by atoms with E-state index in [0.717, 1.165) is 43.6 Å². The number of benzene rings is 3. The monoisotopic (exact) mass is 931 g/mol. The predicted molar refractivity (Wildman–Crippen MR) is 248 cm³/mol. The van der Waals surface area contributed by atoms with Crippen molar-refractivity contribution >= 4 is 47.4 Å². The molecule has 0 amide bonds. The maximum atomic E-state index is 12.4. The average molecular weight is 932 g/mol. The maximum absolute atomic E-state index is 12.4. The van der Waals surface area contributed by atoms with Crippen molar-refractivity contribution in [2.24, 2.45) is 0 Å². The molecule has 0 aliphatic rings. The van der Waals surface area contributed by atoms with Crippen LogP contribution in [0.2, 0.25) is 0 Å². The number of aromatic nitrogens is 3. The second-order valence-corrected chi connectivity index (χ2v) is 16.1. The minimum atomic E-state index is -0.663. The molecule has 0 spiro atoms. The summed E-state index contributed by atoms with van der Waals surface area (Å²) in [5.41, 5.74) is 4.36. The van der Waals surface area contributed by atoms with Crippen molar-refractivity contribution < 1.29 is 52.3 Å². The van der Waals surface area contributed by atoms with E-state index in [1.54, 1.807) is 51.2 Å². The van der Waals surface area contributed by atoms with E-state index in [1.807, 2.05) is 91.0 Å². The van der Waals surface area contributed by atoms with E-state index in [2.05, 4.69) is 9.97 Å². The Morgan fingerprint density at radius 1 is 0.409 bits per heavy atom. The molecule has 0 atom stereocenters. The molecular weight excluding hydrogens is 883 g/mol. The van der Waals surface area contributed by atoms with E-state index in [4.69, 9.17) is 38.1 Å². The fourth-order valence-electron chi connectivity index (χ4n) is 6.02. The van der Waals surface area contributed by atoms with Crippen LogP contribution in [0, 0.1) is 0 Å². The van der Waals surface area contributed by atoms with Crippen molar-refractivity contribution in [3.63, 3.8) is 0 Å². The van der Waals surface area contributed by atoms with Crippen molar-refractivity contribution in [1.29, 1.82) is 0 Å². The highest BCUT2D eigenvalue weighted by molar-refractivity contribution is 7.98. The first-order chi connectivity index (χ1) is 32.1. The number of pyridine rings is 3.